The molecule has 0 unspecified atom stereocenters. The number of hydrogen-bond donors (Lipinski definition) is 2. The lowest BCUT2D eigenvalue weighted by molar-refractivity contribution is -0.142. The Hall–Kier alpha value is -3.09. The highest BCUT2D eigenvalue weighted by molar-refractivity contribution is 7.86. The summed E-state index contributed by atoms with van der Waals surface area (Å²) in [6.45, 7) is 1.77. The van der Waals surface area contributed by atoms with Crippen molar-refractivity contribution in [3.8, 4) is 0 Å². The Kier molecular flexibility index (Phi) is 5.60. The van der Waals surface area contributed by atoms with Gasteiger partial charge in [0.05, 0.1) is 30.5 Å². The molecule has 164 valence electrons. The molecule has 0 radical (unpaired) electrons. The zero-order chi connectivity index (χ0) is 22.2. The van der Waals surface area contributed by atoms with Crippen molar-refractivity contribution in [2.45, 2.75) is 30.4 Å². The van der Waals surface area contributed by atoms with Gasteiger partial charge in [-0.1, -0.05) is 17.7 Å². The number of anilines is 1. The number of nitrogens with zero attached hydrogens (tertiary/aromatic N) is 4. The molecule has 2 aromatic heterocycles. The van der Waals surface area contributed by atoms with Crippen LogP contribution in [0.2, 0.25) is 0 Å². The number of carbonyl (C=O) groups is 1. The van der Waals surface area contributed by atoms with E-state index in [1.54, 1.807) is 12.1 Å². The highest BCUT2D eigenvalue weighted by Crippen LogP contribution is 2.33. The summed E-state index contributed by atoms with van der Waals surface area (Å²) in [7, 11) is -3.94. The van der Waals surface area contributed by atoms with Crippen molar-refractivity contribution in [1.82, 2.24) is 19.5 Å². The number of benzene rings is 1. The topological polar surface area (TPSA) is 160 Å². The number of fused-ring (bicyclic) bond motifs is 1. The number of aliphatic carboxylic acids is 1. The molecule has 3 N–H and O–H groups in total. The van der Waals surface area contributed by atoms with Crippen LogP contribution in [0.1, 0.15) is 18.0 Å². The van der Waals surface area contributed by atoms with Gasteiger partial charge in [-0.25, -0.2) is 19.7 Å². The molecule has 1 saturated heterocycles. The van der Waals surface area contributed by atoms with Gasteiger partial charge in [-0.3, -0.25) is 4.18 Å². The molecule has 1 aliphatic rings. The second-order valence-electron chi connectivity index (χ2n) is 7.37. The Morgan fingerprint density at radius 1 is 1.32 bits per heavy atom. The quantitative estimate of drug-likeness (QED) is 0.503. The molecule has 11 nitrogen and oxygen atoms in total. The minimum Gasteiger partial charge on any atom is -0.480 e. The first-order chi connectivity index (χ1) is 14.8. The van der Waals surface area contributed by atoms with E-state index in [4.69, 9.17) is 14.7 Å². The van der Waals surface area contributed by atoms with Crippen LogP contribution in [0.4, 0.5) is 5.82 Å². The number of carboxylic acid groups (broad SMARTS) is 1. The number of ether oxygens (including phenoxy) is 1. The predicted molar refractivity (Wildman–Crippen MR) is 109 cm³/mol. The molecule has 31 heavy (non-hydrogen) atoms. The van der Waals surface area contributed by atoms with Crippen molar-refractivity contribution in [2.75, 3.05) is 18.9 Å². The van der Waals surface area contributed by atoms with E-state index in [2.05, 4.69) is 15.0 Å². The first-order valence-electron chi connectivity index (χ1n) is 9.50. The largest absolute Gasteiger partial charge is 0.480 e. The number of aromatic nitrogens is 4. The first kappa shape index (κ1) is 21.2. The Morgan fingerprint density at radius 3 is 2.77 bits per heavy atom. The first-order valence-corrected chi connectivity index (χ1v) is 10.9. The van der Waals surface area contributed by atoms with E-state index in [0.29, 0.717) is 17.6 Å². The molecular formula is C19H21N5O6S. The standard InChI is InChI=1S/C19H21N5O6S/c1-11-2-4-14(5-3-11)31(27,28)30-8-13-6-12(7-29-13)16(19(25)26)24-10-23-15-17(20)21-9-22-18(15)24/h2-5,9-10,12-13,16H,6-8H2,1H3,(H,25,26)(H2,20,21,22)/t12-,13-,16+/m0/s1. The fraction of sp³-hybridized carbons (Fsp3) is 0.368. The van der Waals surface area contributed by atoms with Crippen LogP contribution in [0.25, 0.3) is 11.2 Å². The maximum absolute atomic E-state index is 12.4. The Balaban J connectivity index is 1.47. The number of hydrogen-bond acceptors (Lipinski definition) is 9. The summed E-state index contributed by atoms with van der Waals surface area (Å²) in [6.07, 6.45) is 2.33. The summed E-state index contributed by atoms with van der Waals surface area (Å²) in [6, 6.07) is 5.30. The number of nitrogens with two attached hydrogens (primary N) is 1. The monoisotopic (exact) mass is 447 g/mol. The maximum atomic E-state index is 12.4. The van der Waals surface area contributed by atoms with Crippen LogP contribution >= 0.6 is 0 Å². The SMILES string of the molecule is Cc1ccc(S(=O)(=O)OC[C@@H]2C[C@H]([C@H](C(=O)O)n3cnc4c(N)ncnc43)CO2)cc1. The summed E-state index contributed by atoms with van der Waals surface area (Å²) in [5, 5.41) is 9.84. The molecule has 1 aliphatic heterocycles. The zero-order valence-electron chi connectivity index (χ0n) is 16.6. The van der Waals surface area contributed by atoms with E-state index in [1.807, 2.05) is 6.92 Å². The fourth-order valence-corrected chi connectivity index (χ4v) is 4.57. The maximum Gasteiger partial charge on any atom is 0.327 e. The smallest absolute Gasteiger partial charge is 0.327 e. The summed E-state index contributed by atoms with van der Waals surface area (Å²) in [5.41, 5.74) is 7.34. The third-order valence-corrected chi connectivity index (χ3v) is 6.51. The molecule has 0 aliphatic carbocycles. The average Bonchev–Trinajstić information content (AvgIpc) is 3.36. The number of aryl methyl sites for hydroxylation is 1. The van der Waals surface area contributed by atoms with Crippen LogP contribution in [0, 0.1) is 12.8 Å². The van der Waals surface area contributed by atoms with Gasteiger partial charge in [0.1, 0.15) is 17.9 Å². The minimum absolute atomic E-state index is 0.0539. The average molecular weight is 447 g/mol. The van der Waals surface area contributed by atoms with E-state index in [-0.39, 0.29) is 23.9 Å². The van der Waals surface area contributed by atoms with Crippen LogP contribution in [0.5, 0.6) is 0 Å². The van der Waals surface area contributed by atoms with E-state index in [0.717, 1.165) is 5.56 Å². The lowest BCUT2D eigenvalue weighted by Crippen LogP contribution is -2.28. The van der Waals surface area contributed by atoms with Crippen LogP contribution in [-0.2, 0) is 23.8 Å². The number of nitrogen functional groups attached to an aromatic ring is 1. The number of imidazole rings is 1. The summed E-state index contributed by atoms with van der Waals surface area (Å²) in [4.78, 5) is 24.2. The molecule has 3 atom stereocenters. The second-order valence-corrected chi connectivity index (χ2v) is 8.98. The molecule has 4 rings (SSSR count). The molecule has 12 heteroatoms. The van der Waals surface area contributed by atoms with Gasteiger partial charge in [0.15, 0.2) is 11.5 Å². The second kappa shape index (κ2) is 8.21. The Labute approximate surface area is 178 Å². The molecule has 0 spiro atoms. The number of carboxylic acids is 1. The minimum atomic E-state index is -3.94. The van der Waals surface area contributed by atoms with Crippen LogP contribution < -0.4 is 5.73 Å². The van der Waals surface area contributed by atoms with E-state index >= 15 is 0 Å². The van der Waals surface area contributed by atoms with Gasteiger partial charge in [0, 0.05) is 5.92 Å². The summed E-state index contributed by atoms with van der Waals surface area (Å²) >= 11 is 0. The molecule has 0 bridgehead atoms. The summed E-state index contributed by atoms with van der Waals surface area (Å²) < 4.78 is 37.0. The van der Waals surface area contributed by atoms with Crippen molar-refractivity contribution in [2.24, 2.45) is 5.92 Å². The molecule has 3 heterocycles. The van der Waals surface area contributed by atoms with Gasteiger partial charge in [0.25, 0.3) is 10.1 Å². The Bertz CT molecular complexity index is 1210. The van der Waals surface area contributed by atoms with Gasteiger partial charge < -0.3 is 20.1 Å². The van der Waals surface area contributed by atoms with Gasteiger partial charge in [0.2, 0.25) is 0 Å². The summed E-state index contributed by atoms with van der Waals surface area (Å²) in [5.74, 6) is -1.37. The highest BCUT2D eigenvalue weighted by Gasteiger charge is 2.38. The van der Waals surface area contributed by atoms with E-state index in [9.17, 15) is 18.3 Å². The normalized spacial score (nSPS) is 20.2. The Morgan fingerprint density at radius 2 is 2.06 bits per heavy atom. The van der Waals surface area contributed by atoms with Gasteiger partial charge in [-0.2, -0.15) is 8.42 Å². The third kappa shape index (κ3) is 4.22. The van der Waals surface area contributed by atoms with Crippen molar-refractivity contribution in [3.05, 3.63) is 42.5 Å². The van der Waals surface area contributed by atoms with Crippen molar-refractivity contribution in [3.63, 3.8) is 0 Å². The molecule has 1 fully saturated rings. The van der Waals surface area contributed by atoms with Crippen molar-refractivity contribution < 1.29 is 27.2 Å². The molecule has 3 aromatic rings. The van der Waals surface area contributed by atoms with Gasteiger partial charge in [-0.05, 0) is 25.5 Å². The van der Waals surface area contributed by atoms with Crippen LogP contribution in [0.15, 0.2) is 41.8 Å². The van der Waals surface area contributed by atoms with E-state index in [1.165, 1.54) is 29.4 Å². The van der Waals surface area contributed by atoms with Crippen molar-refractivity contribution >= 4 is 33.1 Å². The number of rotatable bonds is 7. The van der Waals surface area contributed by atoms with Gasteiger partial charge >= 0.3 is 5.97 Å². The molecular weight excluding hydrogens is 426 g/mol. The lowest BCUT2D eigenvalue weighted by Gasteiger charge is -2.20. The predicted octanol–water partition coefficient (Wildman–Crippen LogP) is 1.15. The lowest BCUT2D eigenvalue weighted by atomic mass is 9.96. The highest BCUT2D eigenvalue weighted by atomic mass is 32.2. The van der Waals surface area contributed by atoms with Crippen LogP contribution in [0.3, 0.4) is 0 Å². The van der Waals surface area contributed by atoms with Crippen molar-refractivity contribution in [1.29, 1.82) is 0 Å². The molecule has 0 amide bonds. The molecule has 0 saturated carbocycles. The third-order valence-electron chi connectivity index (χ3n) is 5.22. The van der Waals surface area contributed by atoms with Crippen LogP contribution in [-0.4, -0.2) is 58.3 Å². The van der Waals surface area contributed by atoms with E-state index < -0.39 is 34.2 Å². The van der Waals surface area contributed by atoms with Gasteiger partial charge in [-0.15, -0.1) is 0 Å². The molecule has 1 aromatic carbocycles. The fourth-order valence-electron chi connectivity index (χ4n) is 3.63. The zero-order valence-corrected chi connectivity index (χ0v) is 17.4.